The van der Waals surface area contributed by atoms with Crippen LogP contribution in [0.25, 0.3) is 0 Å². The van der Waals surface area contributed by atoms with Crippen molar-refractivity contribution in [3.8, 4) is 0 Å². The Bertz CT molecular complexity index is 248. The summed E-state index contributed by atoms with van der Waals surface area (Å²) in [5.74, 6) is 0.0406. The monoisotopic (exact) mass is 165 g/mol. The molecule has 0 radical (unpaired) electrons. The van der Waals surface area contributed by atoms with Crippen molar-refractivity contribution in [1.82, 2.24) is 15.3 Å². The number of rotatable bonds is 3. The first-order valence-electron chi connectivity index (χ1n) is 3.77. The lowest BCUT2D eigenvalue weighted by Gasteiger charge is -1.98. The third kappa shape index (κ3) is 2.65. The molecule has 1 aromatic rings. The second-order valence-corrected chi connectivity index (χ2v) is 2.42. The standard InChI is InChI=1S/C8H11N3O/c1-9-8(12)3-2-7-4-10-6-11-5-7/h4-6H,2-3H2,1H3,(H,9,12). The van der Waals surface area contributed by atoms with Crippen molar-refractivity contribution < 1.29 is 4.79 Å². The molecule has 0 atom stereocenters. The SMILES string of the molecule is CNC(=O)CCc1cncnc1. The zero-order valence-electron chi connectivity index (χ0n) is 6.95. The van der Waals surface area contributed by atoms with E-state index in [0.29, 0.717) is 12.8 Å². The van der Waals surface area contributed by atoms with Crippen LogP contribution < -0.4 is 5.32 Å². The second-order valence-electron chi connectivity index (χ2n) is 2.42. The van der Waals surface area contributed by atoms with E-state index in [9.17, 15) is 4.79 Å². The van der Waals surface area contributed by atoms with Gasteiger partial charge >= 0.3 is 0 Å². The summed E-state index contributed by atoms with van der Waals surface area (Å²) in [5.41, 5.74) is 0.987. The van der Waals surface area contributed by atoms with Gasteiger partial charge < -0.3 is 5.32 Å². The van der Waals surface area contributed by atoms with Crippen LogP contribution in [-0.2, 0) is 11.2 Å². The molecule has 1 aromatic heterocycles. The Labute approximate surface area is 71.0 Å². The minimum atomic E-state index is 0.0406. The Balaban J connectivity index is 2.38. The van der Waals surface area contributed by atoms with Crippen LogP contribution in [0.3, 0.4) is 0 Å². The Hall–Kier alpha value is -1.45. The van der Waals surface area contributed by atoms with Crippen LogP contribution in [0, 0.1) is 0 Å². The van der Waals surface area contributed by atoms with E-state index in [1.54, 1.807) is 19.4 Å². The molecule has 0 aliphatic heterocycles. The summed E-state index contributed by atoms with van der Waals surface area (Å²) >= 11 is 0. The number of carbonyl (C=O) groups is 1. The van der Waals surface area contributed by atoms with Gasteiger partial charge in [0.2, 0.25) is 5.91 Å². The van der Waals surface area contributed by atoms with Crippen LogP contribution in [0.1, 0.15) is 12.0 Å². The van der Waals surface area contributed by atoms with E-state index < -0.39 is 0 Å². The lowest BCUT2D eigenvalue weighted by molar-refractivity contribution is -0.120. The van der Waals surface area contributed by atoms with Gasteiger partial charge in [-0.15, -0.1) is 0 Å². The number of hydrogen-bond acceptors (Lipinski definition) is 3. The molecule has 0 unspecified atom stereocenters. The summed E-state index contributed by atoms with van der Waals surface area (Å²) in [6.07, 6.45) is 6.10. The molecule has 0 saturated carbocycles. The number of hydrogen-bond donors (Lipinski definition) is 1. The molecule has 0 saturated heterocycles. The molecule has 0 fully saturated rings. The minimum Gasteiger partial charge on any atom is -0.359 e. The Morgan fingerprint density at radius 2 is 2.17 bits per heavy atom. The normalized spacial score (nSPS) is 9.42. The van der Waals surface area contributed by atoms with Crippen molar-refractivity contribution >= 4 is 5.91 Å². The van der Waals surface area contributed by atoms with Crippen LogP contribution in [0.4, 0.5) is 0 Å². The predicted molar refractivity (Wildman–Crippen MR) is 44.4 cm³/mol. The van der Waals surface area contributed by atoms with E-state index in [2.05, 4.69) is 15.3 Å². The first-order valence-corrected chi connectivity index (χ1v) is 3.77. The third-order valence-corrected chi connectivity index (χ3v) is 1.53. The molecule has 0 bridgehead atoms. The molecule has 4 nitrogen and oxygen atoms in total. The maximum Gasteiger partial charge on any atom is 0.220 e. The predicted octanol–water partition coefficient (Wildman–Crippen LogP) is 0.155. The molecule has 1 heterocycles. The lowest BCUT2D eigenvalue weighted by Crippen LogP contribution is -2.17. The Morgan fingerprint density at radius 3 is 2.75 bits per heavy atom. The largest absolute Gasteiger partial charge is 0.359 e. The highest BCUT2D eigenvalue weighted by atomic mass is 16.1. The highest BCUT2D eigenvalue weighted by Gasteiger charge is 1.98. The summed E-state index contributed by atoms with van der Waals surface area (Å²) in [4.78, 5) is 18.5. The third-order valence-electron chi connectivity index (χ3n) is 1.53. The van der Waals surface area contributed by atoms with Crippen molar-refractivity contribution in [1.29, 1.82) is 0 Å². The second kappa shape index (κ2) is 4.43. The highest BCUT2D eigenvalue weighted by Crippen LogP contribution is 1.97. The molecule has 0 aromatic carbocycles. The van der Waals surface area contributed by atoms with Crippen LogP contribution >= 0.6 is 0 Å². The molecular weight excluding hydrogens is 154 g/mol. The topological polar surface area (TPSA) is 54.9 Å². The molecule has 0 aliphatic rings. The van der Waals surface area contributed by atoms with E-state index in [4.69, 9.17) is 0 Å². The molecule has 0 spiro atoms. The summed E-state index contributed by atoms with van der Waals surface area (Å²) in [6, 6.07) is 0. The van der Waals surface area contributed by atoms with Gasteiger partial charge in [0.05, 0.1) is 0 Å². The van der Waals surface area contributed by atoms with E-state index in [1.165, 1.54) is 6.33 Å². The Morgan fingerprint density at radius 1 is 1.50 bits per heavy atom. The molecular formula is C8H11N3O. The average Bonchev–Trinajstić information content (AvgIpc) is 2.16. The van der Waals surface area contributed by atoms with Crippen LogP contribution in [0.2, 0.25) is 0 Å². The van der Waals surface area contributed by atoms with Crippen molar-refractivity contribution in [2.75, 3.05) is 7.05 Å². The van der Waals surface area contributed by atoms with Gasteiger partial charge in [-0.2, -0.15) is 0 Å². The number of nitrogens with zero attached hydrogens (tertiary/aromatic N) is 2. The lowest BCUT2D eigenvalue weighted by atomic mass is 10.2. The minimum absolute atomic E-state index is 0.0406. The highest BCUT2D eigenvalue weighted by molar-refractivity contribution is 5.75. The zero-order chi connectivity index (χ0) is 8.81. The van der Waals surface area contributed by atoms with Gasteiger partial charge in [0.15, 0.2) is 0 Å². The fourth-order valence-corrected chi connectivity index (χ4v) is 0.842. The van der Waals surface area contributed by atoms with Crippen LogP contribution in [0.5, 0.6) is 0 Å². The maximum atomic E-state index is 10.8. The summed E-state index contributed by atoms with van der Waals surface area (Å²) in [7, 11) is 1.63. The maximum absolute atomic E-state index is 10.8. The van der Waals surface area contributed by atoms with Gasteiger partial charge in [0.25, 0.3) is 0 Å². The van der Waals surface area contributed by atoms with Crippen LogP contribution in [0.15, 0.2) is 18.7 Å². The van der Waals surface area contributed by atoms with Crippen molar-refractivity contribution in [2.45, 2.75) is 12.8 Å². The summed E-state index contributed by atoms with van der Waals surface area (Å²) in [5, 5.41) is 2.56. The van der Waals surface area contributed by atoms with Crippen LogP contribution in [-0.4, -0.2) is 22.9 Å². The molecule has 1 amide bonds. The number of carbonyl (C=O) groups excluding carboxylic acids is 1. The molecule has 4 heteroatoms. The van der Waals surface area contributed by atoms with E-state index in [-0.39, 0.29) is 5.91 Å². The van der Waals surface area contributed by atoms with Gasteiger partial charge in [-0.1, -0.05) is 0 Å². The van der Waals surface area contributed by atoms with Gasteiger partial charge in [-0.25, -0.2) is 9.97 Å². The number of aryl methyl sites for hydroxylation is 1. The van der Waals surface area contributed by atoms with E-state index >= 15 is 0 Å². The molecule has 1 N–H and O–H groups in total. The van der Waals surface area contributed by atoms with Crippen molar-refractivity contribution in [2.24, 2.45) is 0 Å². The fourth-order valence-electron chi connectivity index (χ4n) is 0.842. The molecule has 64 valence electrons. The molecule has 0 aliphatic carbocycles. The zero-order valence-corrected chi connectivity index (χ0v) is 6.95. The first-order chi connectivity index (χ1) is 5.83. The van der Waals surface area contributed by atoms with E-state index in [0.717, 1.165) is 5.56 Å². The van der Waals surface area contributed by atoms with Gasteiger partial charge in [-0.05, 0) is 12.0 Å². The van der Waals surface area contributed by atoms with Crippen molar-refractivity contribution in [3.63, 3.8) is 0 Å². The van der Waals surface area contributed by atoms with E-state index in [1.807, 2.05) is 0 Å². The smallest absolute Gasteiger partial charge is 0.220 e. The average molecular weight is 165 g/mol. The summed E-state index contributed by atoms with van der Waals surface area (Å²) in [6.45, 7) is 0. The molecule has 1 rings (SSSR count). The fraction of sp³-hybridized carbons (Fsp3) is 0.375. The Kier molecular flexibility index (Phi) is 3.19. The molecule has 12 heavy (non-hydrogen) atoms. The number of aromatic nitrogens is 2. The first kappa shape index (κ1) is 8.64. The van der Waals surface area contributed by atoms with Gasteiger partial charge in [-0.3, -0.25) is 4.79 Å². The summed E-state index contributed by atoms with van der Waals surface area (Å²) < 4.78 is 0. The van der Waals surface area contributed by atoms with Gasteiger partial charge in [0.1, 0.15) is 6.33 Å². The number of amides is 1. The quantitative estimate of drug-likeness (QED) is 0.693. The number of nitrogens with one attached hydrogen (secondary N) is 1. The van der Waals surface area contributed by atoms with Crippen molar-refractivity contribution in [3.05, 3.63) is 24.3 Å². The van der Waals surface area contributed by atoms with Gasteiger partial charge in [0, 0.05) is 25.9 Å².